The Morgan fingerprint density at radius 2 is 2.00 bits per heavy atom. The van der Waals surface area contributed by atoms with Gasteiger partial charge in [-0.25, -0.2) is 0 Å². The van der Waals surface area contributed by atoms with Gasteiger partial charge < -0.3 is 5.32 Å². The Hall–Kier alpha value is -1.79. The molecule has 3 rings (SSSR count). The first-order chi connectivity index (χ1) is 9.78. The molecule has 1 fully saturated rings. The molecule has 1 aliphatic carbocycles. The number of hydrogen-bond acceptors (Lipinski definition) is 2. The molecule has 0 saturated heterocycles. The van der Waals surface area contributed by atoms with Gasteiger partial charge in [0, 0.05) is 11.0 Å². The highest BCUT2D eigenvalue weighted by molar-refractivity contribution is 9.10. The van der Waals surface area contributed by atoms with E-state index in [1.54, 1.807) is 0 Å². The summed E-state index contributed by atoms with van der Waals surface area (Å²) < 4.78 is 0.929. The van der Waals surface area contributed by atoms with Crippen molar-refractivity contribution in [2.24, 2.45) is 0 Å². The smallest absolute Gasteiger partial charge is 0.101 e. The van der Waals surface area contributed by atoms with Crippen molar-refractivity contribution in [3.63, 3.8) is 0 Å². The molecule has 0 aliphatic heterocycles. The Kier molecular flexibility index (Phi) is 3.75. The lowest BCUT2D eigenvalue weighted by Gasteiger charge is -2.12. The maximum absolute atomic E-state index is 9.18. The van der Waals surface area contributed by atoms with Crippen LogP contribution in [0.25, 0.3) is 0 Å². The van der Waals surface area contributed by atoms with Crippen molar-refractivity contribution in [3.8, 4) is 6.07 Å². The second kappa shape index (κ2) is 5.68. The third-order valence-electron chi connectivity index (χ3n) is 3.64. The normalized spacial score (nSPS) is 13.8. The summed E-state index contributed by atoms with van der Waals surface area (Å²) in [6.45, 7) is 0.767. The molecule has 2 aromatic carbocycles. The summed E-state index contributed by atoms with van der Waals surface area (Å²) in [4.78, 5) is 0. The average molecular weight is 327 g/mol. The minimum absolute atomic E-state index is 0.670. The molecular weight excluding hydrogens is 312 g/mol. The fraction of sp³-hybridized carbons (Fsp3) is 0.235. The molecule has 1 saturated carbocycles. The van der Waals surface area contributed by atoms with E-state index in [1.807, 2.05) is 18.2 Å². The number of halogens is 1. The minimum atomic E-state index is 0.670. The fourth-order valence-electron chi connectivity index (χ4n) is 2.44. The number of anilines is 1. The largest absolute Gasteiger partial charge is 0.380 e. The summed E-state index contributed by atoms with van der Waals surface area (Å²) in [7, 11) is 0. The quantitative estimate of drug-likeness (QED) is 0.875. The summed E-state index contributed by atoms with van der Waals surface area (Å²) in [6, 6.07) is 16.6. The second-order valence-corrected chi connectivity index (χ2v) is 6.04. The molecule has 0 heterocycles. The molecule has 0 spiro atoms. The van der Waals surface area contributed by atoms with E-state index in [4.69, 9.17) is 0 Å². The van der Waals surface area contributed by atoms with Crippen LogP contribution in [0, 0.1) is 11.3 Å². The fourth-order valence-corrected chi connectivity index (χ4v) is 2.80. The van der Waals surface area contributed by atoms with Gasteiger partial charge >= 0.3 is 0 Å². The molecule has 0 bridgehead atoms. The number of benzene rings is 2. The monoisotopic (exact) mass is 326 g/mol. The van der Waals surface area contributed by atoms with Gasteiger partial charge in [-0.1, -0.05) is 40.2 Å². The van der Waals surface area contributed by atoms with Gasteiger partial charge in [-0.2, -0.15) is 5.26 Å². The Bertz CT molecular complexity index is 669. The van der Waals surface area contributed by atoms with Crippen molar-refractivity contribution >= 4 is 21.6 Å². The highest BCUT2D eigenvalue weighted by Gasteiger charge is 2.25. The molecule has 0 radical (unpaired) electrons. The zero-order chi connectivity index (χ0) is 13.9. The Balaban J connectivity index is 1.79. The third kappa shape index (κ3) is 2.86. The molecule has 0 atom stereocenters. The van der Waals surface area contributed by atoms with E-state index in [2.05, 4.69) is 51.6 Å². The van der Waals surface area contributed by atoms with E-state index < -0.39 is 0 Å². The summed E-state index contributed by atoms with van der Waals surface area (Å²) >= 11 is 3.39. The second-order valence-electron chi connectivity index (χ2n) is 5.13. The number of nitrogens with zero attached hydrogens (tertiary/aromatic N) is 1. The van der Waals surface area contributed by atoms with Crippen molar-refractivity contribution in [2.45, 2.75) is 25.3 Å². The van der Waals surface area contributed by atoms with Crippen LogP contribution in [-0.4, -0.2) is 0 Å². The number of rotatable bonds is 4. The summed E-state index contributed by atoms with van der Waals surface area (Å²) in [5.41, 5.74) is 4.35. The minimum Gasteiger partial charge on any atom is -0.380 e. The lowest BCUT2D eigenvalue weighted by atomic mass is 10.0. The van der Waals surface area contributed by atoms with Crippen LogP contribution in [0.5, 0.6) is 0 Å². The zero-order valence-corrected chi connectivity index (χ0v) is 12.7. The number of nitrogens with one attached hydrogen (secondary N) is 1. The number of nitriles is 1. The maximum atomic E-state index is 9.18. The molecule has 100 valence electrons. The van der Waals surface area contributed by atoms with Gasteiger partial charge in [-0.3, -0.25) is 0 Å². The van der Waals surface area contributed by atoms with Gasteiger partial charge in [0.25, 0.3) is 0 Å². The number of hydrogen-bond donors (Lipinski definition) is 1. The van der Waals surface area contributed by atoms with E-state index in [0.717, 1.165) is 22.6 Å². The lowest BCUT2D eigenvalue weighted by molar-refractivity contribution is 1.03. The van der Waals surface area contributed by atoms with E-state index >= 15 is 0 Å². The van der Waals surface area contributed by atoms with Crippen LogP contribution in [0.1, 0.15) is 35.4 Å². The topological polar surface area (TPSA) is 35.8 Å². The van der Waals surface area contributed by atoms with Crippen LogP contribution in [0.4, 0.5) is 5.69 Å². The van der Waals surface area contributed by atoms with Crippen LogP contribution < -0.4 is 5.32 Å². The van der Waals surface area contributed by atoms with E-state index in [-0.39, 0.29) is 0 Å². The van der Waals surface area contributed by atoms with Crippen LogP contribution in [0.3, 0.4) is 0 Å². The van der Waals surface area contributed by atoms with E-state index in [1.165, 1.54) is 24.0 Å². The standard InChI is InChI=1S/C17H15BrN2/c18-15-7-8-17(14(9-15)10-19)20-11-13-3-1-2-4-16(13)12-5-6-12/h1-4,7-9,12,20H,5-6,11H2. The van der Waals surface area contributed by atoms with Crippen LogP contribution in [0.15, 0.2) is 46.9 Å². The van der Waals surface area contributed by atoms with Crippen molar-refractivity contribution in [3.05, 3.63) is 63.6 Å². The summed E-state index contributed by atoms with van der Waals surface area (Å²) in [6.07, 6.45) is 2.61. The molecule has 1 aliphatic rings. The van der Waals surface area contributed by atoms with Gasteiger partial charge in [-0.15, -0.1) is 0 Å². The van der Waals surface area contributed by atoms with Gasteiger partial charge in [0.05, 0.1) is 11.3 Å². The van der Waals surface area contributed by atoms with Gasteiger partial charge in [0.2, 0.25) is 0 Å². The molecule has 0 amide bonds. The Morgan fingerprint density at radius 3 is 2.75 bits per heavy atom. The molecule has 2 nitrogen and oxygen atoms in total. The molecule has 0 unspecified atom stereocenters. The van der Waals surface area contributed by atoms with E-state index in [9.17, 15) is 5.26 Å². The van der Waals surface area contributed by atoms with Gasteiger partial charge in [0.1, 0.15) is 6.07 Å². The van der Waals surface area contributed by atoms with Crippen LogP contribution in [0.2, 0.25) is 0 Å². The highest BCUT2D eigenvalue weighted by Crippen LogP contribution is 2.41. The van der Waals surface area contributed by atoms with Crippen molar-refractivity contribution in [1.29, 1.82) is 5.26 Å². The van der Waals surface area contributed by atoms with Crippen molar-refractivity contribution in [2.75, 3.05) is 5.32 Å². The van der Waals surface area contributed by atoms with Crippen LogP contribution >= 0.6 is 15.9 Å². The first kappa shape index (κ1) is 13.2. The van der Waals surface area contributed by atoms with Gasteiger partial charge in [-0.05, 0) is 48.1 Å². The molecule has 0 aromatic heterocycles. The van der Waals surface area contributed by atoms with E-state index in [0.29, 0.717) is 5.56 Å². The van der Waals surface area contributed by atoms with Crippen molar-refractivity contribution in [1.82, 2.24) is 0 Å². The predicted molar refractivity (Wildman–Crippen MR) is 84.6 cm³/mol. The first-order valence-corrected chi connectivity index (χ1v) is 7.58. The summed E-state index contributed by atoms with van der Waals surface area (Å²) in [5, 5.41) is 12.6. The Morgan fingerprint density at radius 1 is 1.20 bits per heavy atom. The molecule has 3 heteroatoms. The molecule has 20 heavy (non-hydrogen) atoms. The zero-order valence-electron chi connectivity index (χ0n) is 11.1. The molecular formula is C17H15BrN2. The maximum Gasteiger partial charge on any atom is 0.101 e. The molecule has 1 N–H and O–H groups in total. The predicted octanol–water partition coefficient (Wildman–Crippen LogP) is 4.81. The Labute approximate surface area is 127 Å². The lowest BCUT2D eigenvalue weighted by Crippen LogP contribution is -2.03. The highest BCUT2D eigenvalue weighted by atomic mass is 79.9. The molecule has 2 aromatic rings. The van der Waals surface area contributed by atoms with Crippen LogP contribution in [-0.2, 0) is 6.54 Å². The summed E-state index contributed by atoms with van der Waals surface area (Å²) in [5.74, 6) is 0.744. The third-order valence-corrected chi connectivity index (χ3v) is 4.14. The average Bonchev–Trinajstić information content (AvgIpc) is 3.31. The SMILES string of the molecule is N#Cc1cc(Br)ccc1NCc1ccccc1C1CC1. The van der Waals surface area contributed by atoms with Gasteiger partial charge in [0.15, 0.2) is 0 Å². The van der Waals surface area contributed by atoms with Crippen molar-refractivity contribution < 1.29 is 0 Å². The first-order valence-electron chi connectivity index (χ1n) is 6.79.